The number of rotatable bonds is 1. The Hall–Kier alpha value is -0.830. The van der Waals surface area contributed by atoms with E-state index < -0.39 is 6.10 Å². The minimum Gasteiger partial charge on any atom is -0.443 e. The van der Waals surface area contributed by atoms with Gasteiger partial charge in [0.05, 0.1) is 5.69 Å². The van der Waals surface area contributed by atoms with Gasteiger partial charge >= 0.3 is 0 Å². The number of hydrogen-bond donors (Lipinski definition) is 1. The molecule has 1 aromatic rings. The van der Waals surface area contributed by atoms with Crippen molar-refractivity contribution in [2.75, 3.05) is 0 Å². The molecule has 10 heavy (non-hydrogen) atoms. The van der Waals surface area contributed by atoms with Crippen LogP contribution < -0.4 is 0 Å². The fraction of sp³-hybridized carbons (Fsp3) is 0.571. The van der Waals surface area contributed by atoms with Crippen LogP contribution in [0.15, 0.2) is 4.42 Å². The molecule has 56 valence electrons. The van der Waals surface area contributed by atoms with Crippen molar-refractivity contribution in [3.63, 3.8) is 0 Å². The molecule has 0 unspecified atom stereocenters. The summed E-state index contributed by atoms with van der Waals surface area (Å²) in [6.07, 6.45) is -0.554. The lowest BCUT2D eigenvalue weighted by Crippen LogP contribution is -1.90. The van der Waals surface area contributed by atoms with E-state index in [0.717, 1.165) is 5.69 Å². The molecule has 3 nitrogen and oxygen atoms in total. The molecule has 0 spiro atoms. The van der Waals surface area contributed by atoms with E-state index in [1.807, 2.05) is 6.92 Å². The van der Waals surface area contributed by atoms with Gasteiger partial charge in [0, 0.05) is 6.92 Å². The molecule has 0 radical (unpaired) electrons. The number of nitrogens with zero attached hydrogens (tertiary/aromatic N) is 1. The summed E-state index contributed by atoms with van der Waals surface area (Å²) in [5, 5.41) is 9.08. The summed E-state index contributed by atoms with van der Waals surface area (Å²) in [6.45, 7) is 5.24. The molecule has 1 rings (SSSR count). The van der Waals surface area contributed by atoms with Crippen LogP contribution in [0.1, 0.15) is 30.4 Å². The van der Waals surface area contributed by atoms with Crippen LogP contribution in [0, 0.1) is 13.8 Å². The first-order valence-corrected chi connectivity index (χ1v) is 3.23. The molecule has 0 bridgehead atoms. The van der Waals surface area contributed by atoms with Crippen molar-refractivity contribution < 1.29 is 9.52 Å². The van der Waals surface area contributed by atoms with Crippen LogP contribution in [0.4, 0.5) is 0 Å². The molecule has 0 saturated carbocycles. The lowest BCUT2D eigenvalue weighted by Gasteiger charge is -1.97. The summed E-state index contributed by atoms with van der Waals surface area (Å²) in [5.41, 5.74) is 0.771. The average Bonchev–Trinajstić information content (AvgIpc) is 2.10. The lowest BCUT2D eigenvalue weighted by molar-refractivity contribution is 0.167. The second-order valence-electron chi connectivity index (χ2n) is 2.36. The number of aliphatic hydroxyl groups excluding tert-OH is 1. The van der Waals surface area contributed by atoms with Gasteiger partial charge < -0.3 is 9.52 Å². The monoisotopic (exact) mass is 141 g/mol. The molecule has 3 heteroatoms. The van der Waals surface area contributed by atoms with Gasteiger partial charge in [-0.25, -0.2) is 4.98 Å². The number of oxazole rings is 1. The Bertz CT molecular complexity index is 228. The van der Waals surface area contributed by atoms with E-state index in [1.165, 1.54) is 0 Å². The SMILES string of the molecule is Cc1nc(C)c([C@@H](C)O)o1. The second kappa shape index (κ2) is 2.42. The smallest absolute Gasteiger partial charge is 0.191 e. The average molecular weight is 141 g/mol. The van der Waals surface area contributed by atoms with E-state index in [4.69, 9.17) is 9.52 Å². The minimum atomic E-state index is -0.554. The van der Waals surface area contributed by atoms with Gasteiger partial charge in [-0.15, -0.1) is 0 Å². The minimum absolute atomic E-state index is 0.554. The largest absolute Gasteiger partial charge is 0.443 e. The summed E-state index contributed by atoms with van der Waals surface area (Å²) in [6, 6.07) is 0. The zero-order chi connectivity index (χ0) is 7.72. The predicted molar refractivity (Wildman–Crippen MR) is 36.6 cm³/mol. The molecule has 0 aliphatic heterocycles. The molecule has 0 fully saturated rings. The molecule has 1 atom stereocenters. The third kappa shape index (κ3) is 1.19. The van der Waals surface area contributed by atoms with Crippen molar-refractivity contribution in [2.45, 2.75) is 26.9 Å². The van der Waals surface area contributed by atoms with Gasteiger partial charge in [-0.1, -0.05) is 0 Å². The molecule has 0 amide bonds. The maximum atomic E-state index is 9.08. The van der Waals surface area contributed by atoms with Crippen LogP contribution in [-0.2, 0) is 0 Å². The predicted octanol–water partition coefficient (Wildman–Crippen LogP) is 1.34. The number of hydrogen-bond acceptors (Lipinski definition) is 3. The normalized spacial score (nSPS) is 13.6. The van der Waals surface area contributed by atoms with E-state index >= 15 is 0 Å². The van der Waals surface area contributed by atoms with E-state index in [-0.39, 0.29) is 0 Å². The van der Waals surface area contributed by atoms with Gasteiger partial charge in [-0.05, 0) is 13.8 Å². The third-order valence-corrected chi connectivity index (χ3v) is 1.32. The Balaban J connectivity index is 3.03. The first-order chi connectivity index (χ1) is 4.61. The van der Waals surface area contributed by atoms with Gasteiger partial charge in [0.25, 0.3) is 0 Å². The maximum absolute atomic E-state index is 9.08. The van der Waals surface area contributed by atoms with Crippen molar-refractivity contribution in [1.82, 2.24) is 4.98 Å². The van der Waals surface area contributed by atoms with Gasteiger partial charge in [0.2, 0.25) is 0 Å². The van der Waals surface area contributed by atoms with Crippen LogP contribution >= 0.6 is 0 Å². The summed E-state index contributed by atoms with van der Waals surface area (Å²) in [5.74, 6) is 1.17. The summed E-state index contributed by atoms with van der Waals surface area (Å²) >= 11 is 0. The van der Waals surface area contributed by atoms with Crippen molar-refractivity contribution >= 4 is 0 Å². The molecular weight excluding hydrogens is 130 g/mol. The Morgan fingerprint density at radius 1 is 1.50 bits per heavy atom. The van der Waals surface area contributed by atoms with Crippen LogP contribution in [0.2, 0.25) is 0 Å². The standard InChI is InChI=1S/C7H11NO2/c1-4-7(5(2)9)10-6(3)8-4/h5,9H,1-3H3/t5-/m1/s1. The van der Waals surface area contributed by atoms with Crippen molar-refractivity contribution in [3.8, 4) is 0 Å². The molecule has 0 saturated heterocycles. The molecular formula is C7H11NO2. The van der Waals surface area contributed by atoms with Crippen LogP contribution in [0.3, 0.4) is 0 Å². The Morgan fingerprint density at radius 3 is 2.30 bits per heavy atom. The van der Waals surface area contributed by atoms with Gasteiger partial charge in [-0.3, -0.25) is 0 Å². The summed E-state index contributed by atoms with van der Waals surface area (Å²) < 4.78 is 5.11. The van der Waals surface area contributed by atoms with Crippen molar-refractivity contribution in [3.05, 3.63) is 17.3 Å². The van der Waals surface area contributed by atoms with Crippen molar-refractivity contribution in [2.24, 2.45) is 0 Å². The molecule has 0 aliphatic rings. The van der Waals surface area contributed by atoms with E-state index in [9.17, 15) is 0 Å². The Kier molecular flexibility index (Phi) is 1.76. The summed E-state index contributed by atoms with van der Waals surface area (Å²) in [4.78, 5) is 4.01. The highest BCUT2D eigenvalue weighted by atomic mass is 16.4. The van der Waals surface area contributed by atoms with E-state index in [2.05, 4.69) is 4.98 Å². The highest BCUT2D eigenvalue weighted by molar-refractivity contribution is 5.09. The fourth-order valence-electron chi connectivity index (χ4n) is 0.935. The fourth-order valence-corrected chi connectivity index (χ4v) is 0.935. The van der Waals surface area contributed by atoms with Crippen LogP contribution in [-0.4, -0.2) is 10.1 Å². The van der Waals surface area contributed by atoms with Gasteiger partial charge in [-0.2, -0.15) is 0 Å². The highest BCUT2D eigenvalue weighted by Crippen LogP contribution is 2.17. The zero-order valence-electron chi connectivity index (χ0n) is 6.38. The number of aromatic nitrogens is 1. The van der Waals surface area contributed by atoms with Crippen LogP contribution in [0.25, 0.3) is 0 Å². The quantitative estimate of drug-likeness (QED) is 0.642. The molecule has 0 aromatic carbocycles. The molecule has 0 aliphatic carbocycles. The molecule has 1 aromatic heterocycles. The summed E-state index contributed by atoms with van der Waals surface area (Å²) in [7, 11) is 0. The zero-order valence-corrected chi connectivity index (χ0v) is 6.38. The first kappa shape index (κ1) is 7.28. The van der Waals surface area contributed by atoms with Gasteiger partial charge in [0.1, 0.15) is 6.10 Å². The topological polar surface area (TPSA) is 46.3 Å². The van der Waals surface area contributed by atoms with E-state index in [0.29, 0.717) is 11.7 Å². The lowest BCUT2D eigenvalue weighted by atomic mass is 10.3. The highest BCUT2D eigenvalue weighted by Gasteiger charge is 2.10. The van der Waals surface area contributed by atoms with Crippen LogP contribution in [0.5, 0.6) is 0 Å². The number of aryl methyl sites for hydroxylation is 2. The Labute approximate surface area is 59.7 Å². The Morgan fingerprint density at radius 2 is 2.10 bits per heavy atom. The molecule has 1 N–H and O–H groups in total. The van der Waals surface area contributed by atoms with Crippen molar-refractivity contribution in [1.29, 1.82) is 0 Å². The third-order valence-electron chi connectivity index (χ3n) is 1.32. The first-order valence-electron chi connectivity index (χ1n) is 3.23. The van der Waals surface area contributed by atoms with E-state index in [1.54, 1.807) is 13.8 Å². The maximum Gasteiger partial charge on any atom is 0.191 e. The molecule has 1 heterocycles. The van der Waals surface area contributed by atoms with Gasteiger partial charge in [0.15, 0.2) is 11.7 Å². The number of aliphatic hydroxyl groups is 1. The second-order valence-corrected chi connectivity index (χ2v) is 2.36.